The molecule has 2 N–H and O–H groups in total. The lowest BCUT2D eigenvalue weighted by Gasteiger charge is -2.13. The highest BCUT2D eigenvalue weighted by Crippen LogP contribution is 2.22. The largest absolute Gasteiger partial charge is 0.437 e. The molecule has 4 rings (SSSR count). The summed E-state index contributed by atoms with van der Waals surface area (Å²) in [5, 5.41) is 16.4. The Kier molecular flexibility index (Phi) is 5.09. The van der Waals surface area contributed by atoms with Gasteiger partial charge < -0.3 is 9.73 Å². The van der Waals surface area contributed by atoms with Gasteiger partial charge in [-0.3, -0.25) is 9.59 Å². The van der Waals surface area contributed by atoms with Gasteiger partial charge in [0, 0.05) is 11.9 Å². The average molecular weight is 411 g/mol. The van der Waals surface area contributed by atoms with E-state index in [4.69, 9.17) is 4.42 Å². The van der Waals surface area contributed by atoms with Gasteiger partial charge in [-0.05, 0) is 24.4 Å². The Morgan fingerprint density at radius 3 is 2.79 bits per heavy atom. The smallest absolute Gasteiger partial charge is 0.387 e. The third-order valence-corrected chi connectivity index (χ3v) is 5.35. The summed E-state index contributed by atoms with van der Waals surface area (Å²) in [6.45, 7) is 2.08. The Hall–Kier alpha value is -3.53. The van der Waals surface area contributed by atoms with Crippen LogP contribution in [-0.4, -0.2) is 32.4 Å². The second-order valence-corrected chi connectivity index (χ2v) is 7.32. The maximum atomic E-state index is 12.6. The van der Waals surface area contributed by atoms with Crippen molar-refractivity contribution < 1.29 is 9.21 Å². The molecular formula is C19H17N5O4S. The Labute approximate surface area is 168 Å². The van der Waals surface area contributed by atoms with E-state index in [1.54, 1.807) is 31.2 Å². The summed E-state index contributed by atoms with van der Waals surface area (Å²) in [6, 6.07) is 10.6. The predicted octanol–water partition coefficient (Wildman–Crippen LogP) is 1.72. The second-order valence-electron chi connectivity index (χ2n) is 6.37. The van der Waals surface area contributed by atoms with Crippen molar-refractivity contribution >= 4 is 28.0 Å². The van der Waals surface area contributed by atoms with Crippen molar-refractivity contribution in [3.8, 4) is 10.8 Å². The number of fused-ring (bicyclic) bond motifs is 1. The molecule has 29 heavy (non-hydrogen) atoms. The number of rotatable bonds is 6. The van der Waals surface area contributed by atoms with Gasteiger partial charge in [0.25, 0.3) is 11.4 Å². The van der Waals surface area contributed by atoms with Crippen LogP contribution in [0.4, 0.5) is 0 Å². The Balaban J connectivity index is 1.44. The standard InChI is InChI=1S/C19H17N5O4S/c1-11(15-12-5-2-3-6-13(12)17(26)22-21-15)16(25)20-8-9-24-19(27)28-18(23-24)14-7-4-10-29-14/h2-7,10-11H,8-9H2,1H3,(H,20,25)(H,22,26)/t11-/m1/s1. The minimum absolute atomic E-state index is 0.173. The highest BCUT2D eigenvalue weighted by Gasteiger charge is 2.20. The van der Waals surface area contributed by atoms with E-state index < -0.39 is 11.7 Å². The summed E-state index contributed by atoms with van der Waals surface area (Å²) in [5.74, 6) is -1.19. The van der Waals surface area contributed by atoms with E-state index in [0.29, 0.717) is 16.5 Å². The molecule has 0 aliphatic rings. The van der Waals surface area contributed by atoms with Gasteiger partial charge in [0.1, 0.15) is 0 Å². The van der Waals surface area contributed by atoms with Crippen LogP contribution in [0.5, 0.6) is 0 Å². The second kappa shape index (κ2) is 7.84. The summed E-state index contributed by atoms with van der Waals surface area (Å²) < 4.78 is 6.32. The molecule has 3 aromatic heterocycles. The zero-order valence-electron chi connectivity index (χ0n) is 15.4. The third kappa shape index (κ3) is 3.74. The molecule has 10 heteroatoms. The van der Waals surface area contributed by atoms with Gasteiger partial charge >= 0.3 is 5.76 Å². The molecular weight excluding hydrogens is 394 g/mol. The number of carbonyl (C=O) groups is 1. The Bertz CT molecular complexity index is 1270. The lowest BCUT2D eigenvalue weighted by molar-refractivity contribution is -0.122. The molecule has 0 aliphatic carbocycles. The van der Waals surface area contributed by atoms with E-state index in [-0.39, 0.29) is 30.4 Å². The quantitative estimate of drug-likeness (QED) is 0.498. The summed E-state index contributed by atoms with van der Waals surface area (Å²) in [4.78, 5) is 37.2. The number of nitrogens with one attached hydrogen (secondary N) is 2. The van der Waals surface area contributed by atoms with Crippen LogP contribution < -0.4 is 16.6 Å². The van der Waals surface area contributed by atoms with Crippen LogP contribution in [0, 0.1) is 0 Å². The van der Waals surface area contributed by atoms with Gasteiger partial charge in [-0.2, -0.15) is 9.78 Å². The summed E-state index contributed by atoms with van der Waals surface area (Å²) in [7, 11) is 0. The van der Waals surface area contributed by atoms with Crippen LogP contribution in [-0.2, 0) is 11.3 Å². The zero-order valence-corrected chi connectivity index (χ0v) is 16.2. The number of benzene rings is 1. The van der Waals surface area contributed by atoms with Crippen molar-refractivity contribution in [3.63, 3.8) is 0 Å². The molecule has 0 saturated heterocycles. The molecule has 3 heterocycles. The van der Waals surface area contributed by atoms with Crippen molar-refractivity contribution in [2.24, 2.45) is 0 Å². The highest BCUT2D eigenvalue weighted by atomic mass is 32.1. The van der Waals surface area contributed by atoms with E-state index in [9.17, 15) is 14.4 Å². The molecule has 0 aliphatic heterocycles. The molecule has 148 valence electrons. The molecule has 0 unspecified atom stereocenters. The van der Waals surface area contributed by atoms with E-state index in [2.05, 4.69) is 20.6 Å². The topological polar surface area (TPSA) is 123 Å². The van der Waals surface area contributed by atoms with E-state index in [0.717, 1.165) is 4.88 Å². The minimum atomic E-state index is -0.590. The van der Waals surface area contributed by atoms with Crippen molar-refractivity contribution in [1.29, 1.82) is 0 Å². The first-order valence-corrected chi connectivity index (χ1v) is 9.79. The number of H-pyrrole nitrogens is 1. The summed E-state index contributed by atoms with van der Waals surface area (Å²) in [6.07, 6.45) is 0. The molecule has 4 aromatic rings. The van der Waals surface area contributed by atoms with Crippen molar-refractivity contribution in [2.45, 2.75) is 19.4 Å². The number of hydrogen-bond donors (Lipinski definition) is 2. The number of carbonyl (C=O) groups excluding carboxylic acids is 1. The molecule has 0 spiro atoms. The predicted molar refractivity (Wildman–Crippen MR) is 108 cm³/mol. The maximum Gasteiger partial charge on any atom is 0.437 e. The van der Waals surface area contributed by atoms with Crippen molar-refractivity contribution in [1.82, 2.24) is 25.3 Å². The van der Waals surface area contributed by atoms with E-state index in [1.165, 1.54) is 16.0 Å². The average Bonchev–Trinajstić information content (AvgIpc) is 3.38. The van der Waals surface area contributed by atoms with E-state index >= 15 is 0 Å². The molecule has 1 amide bonds. The number of aromatic amines is 1. The minimum Gasteiger partial charge on any atom is -0.387 e. The van der Waals surface area contributed by atoms with Gasteiger partial charge in [-0.1, -0.05) is 24.3 Å². The van der Waals surface area contributed by atoms with Crippen LogP contribution in [0.15, 0.2) is 55.8 Å². The molecule has 9 nitrogen and oxygen atoms in total. The number of aromatic nitrogens is 4. The van der Waals surface area contributed by atoms with Gasteiger partial charge in [0.05, 0.1) is 28.4 Å². The van der Waals surface area contributed by atoms with Gasteiger partial charge in [0.2, 0.25) is 5.91 Å². The maximum absolute atomic E-state index is 12.6. The molecule has 0 radical (unpaired) electrons. The molecule has 1 atom stereocenters. The zero-order chi connectivity index (χ0) is 20.4. The van der Waals surface area contributed by atoms with Crippen LogP contribution >= 0.6 is 11.3 Å². The Morgan fingerprint density at radius 2 is 2.03 bits per heavy atom. The molecule has 0 saturated carbocycles. The van der Waals surface area contributed by atoms with Crippen molar-refractivity contribution in [2.75, 3.05) is 6.54 Å². The van der Waals surface area contributed by atoms with Crippen molar-refractivity contribution in [3.05, 3.63) is 68.4 Å². The van der Waals surface area contributed by atoms with Gasteiger partial charge in [-0.25, -0.2) is 9.89 Å². The van der Waals surface area contributed by atoms with Crippen LogP contribution in [0.3, 0.4) is 0 Å². The molecule has 0 bridgehead atoms. The van der Waals surface area contributed by atoms with Crippen LogP contribution in [0.1, 0.15) is 18.5 Å². The highest BCUT2D eigenvalue weighted by molar-refractivity contribution is 7.13. The lowest BCUT2D eigenvalue weighted by atomic mass is 10.0. The Morgan fingerprint density at radius 1 is 1.24 bits per heavy atom. The van der Waals surface area contributed by atoms with Crippen LogP contribution in [0.25, 0.3) is 21.5 Å². The first-order valence-electron chi connectivity index (χ1n) is 8.91. The number of hydrogen-bond acceptors (Lipinski definition) is 7. The number of amides is 1. The first-order chi connectivity index (χ1) is 14.0. The lowest BCUT2D eigenvalue weighted by Crippen LogP contribution is -2.33. The van der Waals surface area contributed by atoms with Gasteiger partial charge in [0.15, 0.2) is 0 Å². The SMILES string of the molecule is C[C@@H](C(=O)NCCn1nc(-c2cccs2)oc1=O)c1n[nH]c(=O)c2ccccc12. The fraction of sp³-hybridized carbons (Fsp3) is 0.211. The normalized spacial score (nSPS) is 12.2. The molecule has 1 aromatic carbocycles. The van der Waals surface area contributed by atoms with Crippen LogP contribution in [0.2, 0.25) is 0 Å². The first kappa shape index (κ1) is 18.8. The number of thiophene rings is 1. The number of nitrogens with zero attached hydrogens (tertiary/aromatic N) is 3. The summed E-state index contributed by atoms with van der Waals surface area (Å²) >= 11 is 1.42. The fourth-order valence-corrected chi connectivity index (χ4v) is 3.62. The molecule has 0 fully saturated rings. The van der Waals surface area contributed by atoms with E-state index in [1.807, 2.05) is 17.5 Å². The third-order valence-electron chi connectivity index (χ3n) is 4.49. The van der Waals surface area contributed by atoms with Gasteiger partial charge in [-0.15, -0.1) is 16.4 Å². The monoisotopic (exact) mass is 411 g/mol. The fourth-order valence-electron chi connectivity index (χ4n) is 2.98. The summed E-state index contributed by atoms with van der Waals surface area (Å²) in [5.41, 5.74) is 0.181.